The maximum Gasteiger partial charge on any atom is 0.348 e. The van der Waals surface area contributed by atoms with Crippen molar-refractivity contribution in [1.82, 2.24) is 19.7 Å². The fourth-order valence-electron chi connectivity index (χ4n) is 4.31. The average molecular weight is 375 g/mol. The molecule has 7 heteroatoms. The predicted molar refractivity (Wildman–Crippen MR) is 102 cm³/mol. The minimum absolute atomic E-state index is 0.174. The van der Waals surface area contributed by atoms with Crippen molar-refractivity contribution in [1.29, 1.82) is 0 Å². The lowest BCUT2D eigenvalue weighted by Gasteiger charge is -2.35. The van der Waals surface area contributed by atoms with Crippen molar-refractivity contribution in [2.75, 3.05) is 13.1 Å². The van der Waals surface area contributed by atoms with Crippen molar-refractivity contribution in [3.8, 4) is 5.00 Å². The van der Waals surface area contributed by atoms with Gasteiger partial charge in [-0.1, -0.05) is 19.3 Å². The molecule has 1 aliphatic carbocycles. The van der Waals surface area contributed by atoms with Gasteiger partial charge in [0.25, 0.3) is 0 Å². The summed E-state index contributed by atoms with van der Waals surface area (Å²) in [6.07, 6.45) is 8.58. The van der Waals surface area contributed by atoms with Gasteiger partial charge in [0.15, 0.2) is 0 Å². The number of aromatic amines is 1. The van der Waals surface area contributed by atoms with E-state index in [-0.39, 0.29) is 11.6 Å². The summed E-state index contributed by atoms with van der Waals surface area (Å²) < 4.78 is 1.68. The number of hydrogen-bond acceptors (Lipinski definition) is 4. The molecule has 3 heterocycles. The van der Waals surface area contributed by atoms with Gasteiger partial charge in [-0.2, -0.15) is 5.10 Å². The number of nitrogens with zero attached hydrogens (tertiary/aromatic N) is 3. The van der Waals surface area contributed by atoms with Crippen LogP contribution in [0, 0.1) is 11.8 Å². The molecule has 26 heavy (non-hydrogen) atoms. The molecule has 2 aliphatic rings. The SMILES string of the molecule is O=C(C1CCCCC1)N1CCC(Cc2n[nH]c(=O)n2-c2cccs2)CC1. The highest BCUT2D eigenvalue weighted by Gasteiger charge is 2.29. The normalized spacial score (nSPS) is 19.8. The molecule has 2 aromatic rings. The summed E-state index contributed by atoms with van der Waals surface area (Å²) in [4.78, 5) is 26.9. The lowest BCUT2D eigenvalue weighted by atomic mass is 9.87. The highest BCUT2D eigenvalue weighted by atomic mass is 32.1. The summed E-state index contributed by atoms with van der Waals surface area (Å²) in [5.41, 5.74) is -0.174. The number of aromatic nitrogens is 3. The van der Waals surface area contributed by atoms with Crippen LogP contribution in [0.1, 0.15) is 50.8 Å². The van der Waals surface area contributed by atoms with Crippen molar-refractivity contribution >= 4 is 17.2 Å². The van der Waals surface area contributed by atoms with E-state index >= 15 is 0 Å². The van der Waals surface area contributed by atoms with E-state index in [4.69, 9.17) is 0 Å². The Kier molecular flexibility index (Phi) is 5.24. The van der Waals surface area contributed by atoms with Crippen LogP contribution in [0.4, 0.5) is 0 Å². The molecule has 0 bridgehead atoms. The van der Waals surface area contributed by atoms with E-state index < -0.39 is 0 Å². The fraction of sp³-hybridized carbons (Fsp3) is 0.632. The molecule has 0 unspecified atom stereocenters. The summed E-state index contributed by atoms with van der Waals surface area (Å²) in [7, 11) is 0. The van der Waals surface area contributed by atoms with Crippen LogP contribution in [0.15, 0.2) is 22.3 Å². The molecule has 1 N–H and O–H groups in total. The van der Waals surface area contributed by atoms with E-state index in [0.717, 1.165) is 56.0 Å². The Labute approximate surface area is 157 Å². The second-order valence-corrected chi connectivity index (χ2v) is 8.47. The maximum absolute atomic E-state index is 12.7. The van der Waals surface area contributed by atoms with E-state index in [1.165, 1.54) is 19.3 Å². The van der Waals surface area contributed by atoms with Crippen LogP contribution in [-0.2, 0) is 11.2 Å². The van der Waals surface area contributed by atoms with Crippen LogP contribution in [0.5, 0.6) is 0 Å². The molecule has 2 aromatic heterocycles. The summed E-state index contributed by atoms with van der Waals surface area (Å²) in [5.74, 6) is 1.91. The molecular formula is C19H26N4O2S. The van der Waals surface area contributed by atoms with Crippen molar-refractivity contribution < 1.29 is 4.79 Å². The van der Waals surface area contributed by atoms with Gasteiger partial charge in [0.2, 0.25) is 5.91 Å². The largest absolute Gasteiger partial charge is 0.348 e. The van der Waals surface area contributed by atoms with E-state index in [9.17, 15) is 9.59 Å². The van der Waals surface area contributed by atoms with Crippen LogP contribution >= 0.6 is 11.3 Å². The number of likely N-dealkylation sites (tertiary alicyclic amines) is 1. The van der Waals surface area contributed by atoms with E-state index in [1.54, 1.807) is 15.9 Å². The molecule has 1 amide bonds. The smallest absolute Gasteiger partial charge is 0.342 e. The molecule has 0 atom stereocenters. The summed E-state index contributed by atoms with van der Waals surface area (Å²) >= 11 is 1.54. The Balaban J connectivity index is 1.36. The summed E-state index contributed by atoms with van der Waals surface area (Å²) in [6, 6.07) is 3.88. The van der Waals surface area contributed by atoms with Gasteiger partial charge in [-0.25, -0.2) is 14.5 Å². The molecule has 0 radical (unpaired) electrons. The van der Waals surface area contributed by atoms with Gasteiger partial charge in [0.1, 0.15) is 10.8 Å². The van der Waals surface area contributed by atoms with E-state index in [2.05, 4.69) is 15.1 Å². The van der Waals surface area contributed by atoms with Crippen molar-refractivity contribution in [3.63, 3.8) is 0 Å². The number of thiophene rings is 1. The quantitative estimate of drug-likeness (QED) is 0.894. The predicted octanol–water partition coefficient (Wildman–Crippen LogP) is 2.98. The molecule has 1 saturated heterocycles. The third-order valence-electron chi connectivity index (χ3n) is 5.82. The van der Waals surface area contributed by atoms with Gasteiger partial charge in [0, 0.05) is 25.4 Å². The van der Waals surface area contributed by atoms with Crippen LogP contribution in [0.25, 0.3) is 5.00 Å². The summed E-state index contributed by atoms with van der Waals surface area (Å²) in [5, 5.41) is 9.70. The number of nitrogens with one attached hydrogen (secondary N) is 1. The van der Waals surface area contributed by atoms with Gasteiger partial charge in [0.05, 0.1) is 0 Å². The Bertz CT molecular complexity index is 781. The first-order valence-corrected chi connectivity index (χ1v) is 10.6. The molecule has 6 nitrogen and oxygen atoms in total. The highest BCUT2D eigenvalue weighted by Crippen LogP contribution is 2.28. The van der Waals surface area contributed by atoms with Crippen molar-refractivity contribution in [2.24, 2.45) is 11.8 Å². The number of carbonyl (C=O) groups is 1. The lowest BCUT2D eigenvalue weighted by molar-refractivity contribution is -0.138. The fourth-order valence-corrected chi connectivity index (χ4v) is 5.06. The second-order valence-electron chi connectivity index (χ2n) is 7.54. The molecule has 1 saturated carbocycles. The zero-order valence-corrected chi connectivity index (χ0v) is 15.8. The minimum atomic E-state index is -0.174. The van der Waals surface area contributed by atoms with Crippen LogP contribution in [0.3, 0.4) is 0 Å². The van der Waals surface area contributed by atoms with E-state index in [1.807, 2.05) is 17.5 Å². The van der Waals surface area contributed by atoms with Gasteiger partial charge in [-0.05, 0) is 49.1 Å². The third-order valence-corrected chi connectivity index (χ3v) is 6.67. The molecule has 4 rings (SSSR count). The Hall–Kier alpha value is -1.89. The first-order valence-electron chi connectivity index (χ1n) is 9.71. The molecule has 0 aromatic carbocycles. The standard InChI is InChI=1S/C19H26N4O2S/c24-18(15-5-2-1-3-6-15)22-10-8-14(9-11-22)13-16-20-21-19(25)23(16)17-7-4-12-26-17/h4,7,12,14-15H,1-3,5-6,8-11,13H2,(H,21,25). The van der Waals surface area contributed by atoms with E-state index in [0.29, 0.717) is 11.8 Å². The van der Waals surface area contributed by atoms with Crippen LogP contribution in [-0.4, -0.2) is 38.7 Å². The van der Waals surface area contributed by atoms with Crippen LogP contribution < -0.4 is 5.69 Å². The maximum atomic E-state index is 12.7. The summed E-state index contributed by atoms with van der Waals surface area (Å²) in [6.45, 7) is 1.68. The molecule has 2 fully saturated rings. The second kappa shape index (κ2) is 7.78. The zero-order valence-electron chi connectivity index (χ0n) is 15.0. The number of amides is 1. The monoisotopic (exact) mass is 374 g/mol. The minimum Gasteiger partial charge on any atom is -0.342 e. The zero-order chi connectivity index (χ0) is 17.9. The topological polar surface area (TPSA) is 71.0 Å². The van der Waals surface area contributed by atoms with Crippen molar-refractivity contribution in [2.45, 2.75) is 51.4 Å². The first kappa shape index (κ1) is 17.5. The highest BCUT2D eigenvalue weighted by molar-refractivity contribution is 7.12. The van der Waals surface area contributed by atoms with Crippen LogP contribution in [0.2, 0.25) is 0 Å². The van der Waals surface area contributed by atoms with Crippen molar-refractivity contribution in [3.05, 3.63) is 33.8 Å². The first-order chi connectivity index (χ1) is 12.7. The Morgan fingerprint density at radius 2 is 1.96 bits per heavy atom. The molecular weight excluding hydrogens is 348 g/mol. The molecule has 1 aliphatic heterocycles. The lowest BCUT2D eigenvalue weighted by Crippen LogP contribution is -2.42. The number of piperidine rings is 1. The van der Waals surface area contributed by atoms with Gasteiger partial charge in [-0.3, -0.25) is 4.79 Å². The number of rotatable bonds is 4. The van der Waals surface area contributed by atoms with Gasteiger partial charge >= 0.3 is 5.69 Å². The average Bonchev–Trinajstić information content (AvgIpc) is 3.32. The number of hydrogen-bond donors (Lipinski definition) is 1. The molecule has 140 valence electrons. The van der Waals surface area contributed by atoms with Gasteiger partial charge in [-0.15, -0.1) is 11.3 Å². The van der Waals surface area contributed by atoms with Gasteiger partial charge < -0.3 is 4.90 Å². The Morgan fingerprint density at radius 1 is 1.19 bits per heavy atom. The number of carbonyl (C=O) groups excluding carboxylic acids is 1. The Morgan fingerprint density at radius 3 is 2.65 bits per heavy atom. The number of H-pyrrole nitrogens is 1. The third kappa shape index (κ3) is 3.63. The molecule has 0 spiro atoms.